The number of hydrogen-bond acceptors (Lipinski definition) is 4. The molecule has 2 amide bonds. The van der Waals surface area contributed by atoms with Crippen LogP contribution in [0.4, 0.5) is 11.4 Å². The number of hydrazone groups is 1. The lowest BCUT2D eigenvalue weighted by Crippen LogP contribution is -2.19. The molecule has 6 heteroatoms. The number of amides is 2. The minimum Gasteiger partial charge on any atom is -0.399 e. The molecule has 1 aliphatic carbocycles. The van der Waals surface area contributed by atoms with Crippen molar-refractivity contribution in [3.63, 3.8) is 0 Å². The molecule has 1 saturated carbocycles. The van der Waals surface area contributed by atoms with Gasteiger partial charge in [0.25, 0.3) is 5.91 Å². The molecule has 1 fully saturated rings. The van der Waals surface area contributed by atoms with Crippen molar-refractivity contribution in [2.24, 2.45) is 11.0 Å². The van der Waals surface area contributed by atoms with Gasteiger partial charge in [0, 0.05) is 22.9 Å². The van der Waals surface area contributed by atoms with Crippen LogP contribution in [-0.4, -0.2) is 17.5 Å². The van der Waals surface area contributed by atoms with Gasteiger partial charge in [-0.3, -0.25) is 9.59 Å². The Bertz CT molecular complexity index is 806. The van der Waals surface area contributed by atoms with E-state index in [-0.39, 0.29) is 17.7 Å². The Morgan fingerprint density at radius 2 is 1.60 bits per heavy atom. The number of anilines is 2. The van der Waals surface area contributed by atoms with Crippen LogP contribution >= 0.6 is 0 Å². The molecule has 6 nitrogen and oxygen atoms in total. The van der Waals surface area contributed by atoms with Crippen molar-refractivity contribution in [1.29, 1.82) is 0 Å². The summed E-state index contributed by atoms with van der Waals surface area (Å²) in [4.78, 5) is 23.9. The molecule has 0 aliphatic heterocycles. The van der Waals surface area contributed by atoms with Crippen LogP contribution in [0.25, 0.3) is 0 Å². The average Bonchev–Trinajstić information content (AvgIpc) is 3.46. The molecule has 0 saturated heterocycles. The normalized spacial score (nSPS) is 14.0. The zero-order valence-corrected chi connectivity index (χ0v) is 14.0. The quantitative estimate of drug-likeness (QED) is 0.445. The van der Waals surface area contributed by atoms with Gasteiger partial charge in [-0.25, -0.2) is 5.43 Å². The van der Waals surface area contributed by atoms with Gasteiger partial charge in [-0.1, -0.05) is 12.1 Å². The third-order valence-electron chi connectivity index (χ3n) is 4.02. The summed E-state index contributed by atoms with van der Waals surface area (Å²) in [7, 11) is 0. The topological polar surface area (TPSA) is 96.6 Å². The maximum atomic E-state index is 12.2. The Kier molecular flexibility index (Phi) is 4.79. The van der Waals surface area contributed by atoms with Gasteiger partial charge in [-0.15, -0.1) is 0 Å². The van der Waals surface area contributed by atoms with Crippen molar-refractivity contribution in [2.75, 3.05) is 11.1 Å². The first-order valence-corrected chi connectivity index (χ1v) is 8.14. The Balaban J connectivity index is 1.59. The molecule has 128 valence electrons. The molecule has 0 bridgehead atoms. The lowest BCUT2D eigenvalue weighted by Gasteiger charge is -2.06. The highest BCUT2D eigenvalue weighted by Crippen LogP contribution is 2.30. The zero-order chi connectivity index (χ0) is 17.8. The maximum absolute atomic E-state index is 12.2. The van der Waals surface area contributed by atoms with Crippen LogP contribution in [0.3, 0.4) is 0 Å². The SMILES string of the molecule is CC(=NNC(=O)c1ccc(NC(=O)C2CC2)cc1)c1ccc(N)cc1. The number of nitrogens with zero attached hydrogens (tertiary/aromatic N) is 1. The second kappa shape index (κ2) is 7.17. The molecule has 0 aromatic heterocycles. The van der Waals surface area contributed by atoms with Crippen LogP contribution in [0.5, 0.6) is 0 Å². The lowest BCUT2D eigenvalue weighted by molar-refractivity contribution is -0.117. The molecule has 2 aromatic carbocycles. The lowest BCUT2D eigenvalue weighted by atomic mass is 10.1. The minimum absolute atomic E-state index is 0.0425. The summed E-state index contributed by atoms with van der Waals surface area (Å²) in [6.45, 7) is 1.81. The first-order chi connectivity index (χ1) is 12.0. The number of nitrogen functional groups attached to an aromatic ring is 1. The van der Waals surface area contributed by atoms with Gasteiger partial charge in [0.15, 0.2) is 0 Å². The van der Waals surface area contributed by atoms with Crippen LogP contribution in [0.2, 0.25) is 0 Å². The van der Waals surface area contributed by atoms with Crippen LogP contribution < -0.4 is 16.5 Å². The van der Waals surface area contributed by atoms with Gasteiger partial charge >= 0.3 is 0 Å². The second-order valence-electron chi connectivity index (χ2n) is 6.10. The summed E-state index contributed by atoms with van der Waals surface area (Å²) in [5, 5.41) is 6.95. The van der Waals surface area contributed by atoms with Crippen molar-refractivity contribution < 1.29 is 9.59 Å². The molecule has 3 rings (SSSR count). The number of rotatable bonds is 5. The zero-order valence-electron chi connectivity index (χ0n) is 14.0. The average molecular weight is 336 g/mol. The molecule has 2 aromatic rings. The van der Waals surface area contributed by atoms with Gasteiger partial charge in [-0.2, -0.15) is 5.10 Å². The highest BCUT2D eigenvalue weighted by atomic mass is 16.2. The summed E-state index contributed by atoms with van der Waals surface area (Å²) in [5.74, 6) is -0.121. The van der Waals surface area contributed by atoms with E-state index in [1.165, 1.54) is 0 Å². The van der Waals surface area contributed by atoms with E-state index in [1.807, 2.05) is 19.1 Å². The Morgan fingerprint density at radius 3 is 2.20 bits per heavy atom. The Labute approximate surface area is 146 Å². The molecule has 4 N–H and O–H groups in total. The fourth-order valence-electron chi connectivity index (χ4n) is 2.28. The van der Waals surface area contributed by atoms with E-state index in [2.05, 4.69) is 15.8 Å². The van der Waals surface area contributed by atoms with Gasteiger partial charge in [0.2, 0.25) is 5.91 Å². The van der Waals surface area contributed by atoms with Crippen molar-refractivity contribution in [3.05, 3.63) is 59.7 Å². The van der Waals surface area contributed by atoms with Crippen LogP contribution in [0.1, 0.15) is 35.7 Å². The number of carbonyl (C=O) groups excluding carboxylic acids is 2. The third-order valence-corrected chi connectivity index (χ3v) is 4.02. The highest BCUT2D eigenvalue weighted by molar-refractivity contribution is 6.01. The van der Waals surface area contributed by atoms with Crippen molar-refractivity contribution in [3.8, 4) is 0 Å². The van der Waals surface area contributed by atoms with E-state index in [0.717, 1.165) is 18.4 Å². The third kappa shape index (κ3) is 4.44. The molecule has 1 aliphatic rings. The predicted molar refractivity (Wildman–Crippen MR) is 98.3 cm³/mol. The van der Waals surface area contributed by atoms with E-state index >= 15 is 0 Å². The summed E-state index contributed by atoms with van der Waals surface area (Å²) < 4.78 is 0. The Morgan fingerprint density at radius 1 is 1.00 bits per heavy atom. The molecule has 0 unspecified atom stereocenters. The molecule has 0 radical (unpaired) electrons. The van der Waals surface area contributed by atoms with Crippen LogP contribution in [-0.2, 0) is 4.79 Å². The maximum Gasteiger partial charge on any atom is 0.271 e. The van der Waals surface area contributed by atoms with Gasteiger partial charge in [-0.05, 0) is 61.7 Å². The largest absolute Gasteiger partial charge is 0.399 e. The molecule has 0 spiro atoms. The van der Waals surface area contributed by atoms with Crippen molar-refractivity contribution >= 4 is 28.9 Å². The first kappa shape index (κ1) is 16.7. The van der Waals surface area contributed by atoms with E-state index in [4.69, 9.17) is 5.73 Å². The van der Waals surface area contributed by atoms with Gasteiger partial charge in [0.05, 0.1) is 5.71 Å². The number of nitrogens with two attached hydrogens (primary N) is 1. The van der Waals surface area contributed by atoms with E-state index in [9.17, 15) is 9.59 Å². The summed E-state index contributed by atoms with van der Waals surface area (Å²) >= 11 is 0. The first-order valence-electron chi connectivity index (χ1n) is 8.14. The van der Waals surface area contributed by atoms with Gasteiger partial charge in [0.1, 0.15) is 0 Å². The molecule has 0 heterocycles. The standard InChI is InChI=1S/C19H20N4O2/c1-12(13-4-8-16(20)9-5-13)22-23-19(25)15-6-10-17(11-7-15)21-18(24)14-2-3-14/h4-11,14H,2-3,20H2,1H3,(H,21,24)(H,23,25). The predicted octanol–water partition coefficient (Wildman–Crippen LogP) is 2.77. The molecule has 25 heavy (non-hydrogen) atoms. The fourth-order valence-corrected chi connectivity index (χ4v) is 2.28. The van der Waals surface area contributed by atoms with Crippen LogP contribution in [0, 0.1) is 5.92 Å². The van der Waals surface area contributed by atoms with Gasteiger partial charge < -0.3 is 11.1 Å². The Hall–Kier alpha value is -3.15. The monoisotopic (exact) mass is 336 g/mol. The molecular formula is C19H20N4O2. The number of benzene rings is 2. The summed E-state index contributed by atoms with van der Waals surface area (Å²) in [5.41, 5.74) is 11.6. The van der Waals surface area contributed by atoms with Crippen molar-refractivity contribution in [2.45, 2.75) is 19.8 Å². The fraction of sp³-hybridized carbons (Fsp3) is 0.211. The van der Waals surface area contributed by atoms with E-state index in [0.29, 0.717) is 22.6 Å². The molecular weight excluding hydrogens is 316 g/mol. The minimum atomic E-state index is -0.310. The summed E-state index contributed by atoms with van der Waals surface area (Å²) in [6.07, 6.45) is 1.91. The summed E-state index contributed by atoms with van der Waals surface area (Å²) in [6, 6.07) is 14.0. The smallest absolute Gasteiger partial charge is 0.271 e. The van der Waals surface area contributed by atoms with E-state index in [1.54, 1.807) is 36.4 Å². The number of nitrogens with one attached hydrogen (secondary N) is 2. The van der Waals surface area contributed by atoms with E-state index < -0.39 is 0 Å². The number of hydrogen-bond donors (Lipinski definition) is 3. The van der Waals surface area contributed by atoms with Crippen molar-refractivity contribution in [1.82, 2.24) is 5.43 Å². The van der Waals surface area contributed by atoms with Crippen LogP contribution in [0.15, 0.2) is 53.6 Å². The number of carbonyl (C=O) groups is 2. The second-order valence-corrected chi connectivity index (χ2v) is 6.10. The molecule has 0 atom stereocenters. The highest BCUT2D eigenvalue weighted by Gasteiger charge is 2.29.